The van der Waals surface area contributed by atoms with Crippen molar-refractivity contribution in [2.24, 2.45) is 0 Å². The number of nitrogens with one attached hydrogen (secondary N) is 1. The molecule has 1 saturated heterocycles. The van der Waals surface area contributed by atoms with E-state index in [1.54, 1.807) is 23.1 Å². The van der Waals surface area contributed by atoms with Crippen LogP contribution in [0.2, 0.25) is 0 Å². The maximum absolute atomic E-state index is 13.2. The SMILES string of the molecule is CCCN1C(=O)[C@@H]2Cc3c([nH]c4ccccc34)[C@@H](c3cccc(O)c3)N2C1=O. The maximum atomic E-state index is 13.2. The molecule has 3 aromatic rings. The summed E-state index contributed by atoms with van der Waals surface area (Å²) in [5.41, 5.74) is 3.77. The van der Waals surface area contributed by atoms with Crippen molar-refractivity contribution in [3.05, 3.63) is 65.4 Å². The van der Waals surface area contributed by atoms with Gasteiger partial charge in [-0.3, -0.25) is 14.6 Å². The average molecular weight is 375 g/mol. The zero-order valence-electron chi connectivity index (χ0n) is 15.6. The summed E-state index contributed by atoms with van der Waals surface area (Å²) >= 11 is 0. The van der Waals surface area contributed by atoms with Crippen LogP contribution in [0.25, 0.3) is 10.9 Å². The third kappa shape index (κ3) is 2.27. The summed E-state index contributed by atoms with van der Waals surface area (Å²) < 4.78 is 0. The van der Waals surface area contributed by atoms with E-state index in [1.165, 1.54) is 4.90 Å². The number of urea groups is 1. The zero-order valence-corrected chi connectivity index (χ0v) is 15.6. The van der Waals surface area contributed by atoms with Gasteiger partial charge in [-0.05, 0) is 35.7 Å². The number of carbonyl (C=O) groups is 2. The van der Waals surface area contributed by atoms with Crippen LogP contribution in [0.15, 0.2) is 48.5 Å². The first kappa shape index (κ1) is 16.9. The number of hydrogen-bond acceptors (Lipinski definition) is 3. The summed E-state index contributed by atoms with van der Waals surface area (Å²) in [6.07, 6.45) is 1.22. The molecule has 142 valence electrons. The van der Waals surface area contributed by atoms with Gasteiger partial charge in [0.2, 0.25) is 0 Å². The van der Waals surface area contributed by atoms with E-state index >= 15 is 0 Å². The molecule has 2 atom stereocenters. The van der Waals surface area contributed by atoms with Crippen molar-refractivity contribution in [2.75, 3.05) is 6.54 Å². The quantitative estimate of drug-likeness (QED) is 0.687. The van der Waals surface area contributed by atoms with Gasteiger partial charge in [-0.2, -0.15) is 0 Å². The lowest BCUT2D eigenvalue weighted by molar-refractivity contribution is -0.128. The van der Waals surface area contributed by atoms with Crippen LogP contribution in [-0.4, -0.2) is 44.4 Å². The molecule has 3 amide bonds. The third-order valence-corrected chi connectivity index (χ3v) is 5.77. The monoisotopic (exact) mass is 375 g/mol. The van der Waals surface area contributed by atoms with Crippen LogP contribution in [0.1, 0.15) is 36.2 Å². The Morgan fingerprint density at radius 3 is 2.75 bits per heavy atom. The molecular formula is C22H21N3O3. The van der Waals surface area contributed by atoms with Gasteiger partial charge in [-0.25, -0.2) is 4.79 Å². The summed E-state index contributed by atoms with van der Waals surface area (Å²) in [6.45, 7) is 2.38. The van der Waals surface area contributed by atoms with Crippen molar-refractivity contribution < 1.29 is 14.7 Å². The number of phenols is 1. The molecular weight excluding hydrogens is 354 g/mol. The summed E-state index contributed by atoms with van der Waals surface area (Å²) in [5, 5.41) is 11.1. The molecule has 1 fully saturated rings. The summed E-state index contributed by atoms with van der Waals surface area (Å²) in [4.78, 5) is 32.8. The van der Waals surface area contributed by atoms with E-state index in [0.717, 1.165) is 34.1 Å². The number of carbonyl (C=O) groups excluding carboxylic acids is 2. The summed E-state index contributed by atoms with van der Waals surface area (Å²) in [6, 6.07) is 13.7. The molecule has 1 aromatic heterocycles. The van der Waals surface area contributed by atoms with Crippen molar-refractivity contribution in [1.82, 2.24) is 14.8 Å². The average Bonchev–Trinajstić information content (AvgIpc) is 3.18. The lowest BCUT2D eigenvalue weighted by Crippen LogP contribution is -2.44. The minimum atomic E-state index is -0.516. The third-order valence-electron chi connectivity index (χ3n) is 5.77. The van der Waals surface area contributed by atoms with Crippen LogP contribution >= 0.6 is 0 Å². The Balaban J connectivity index is 1.73. The molecule has 2 aliphatic rings. The summed E-state index contributed by atoms with van der Waals surface area (Å²) in [7, 11) is 0. The number of rotatable bonds is 3. The molecule has 0 bridgehead atoms. The van der Waals surface area contributed by atoms with Gasteiger partial charge in [0, 0.05) is 29.6 Å². The topological polar surface area (TPSA) is 76.6 Å². The Bertz CT molecular complexity index is 1100. The fourth-order valence-electron chi connectivity index (χ4n) is 4.60. The van der Waals surface area contributed by atoms with Crippen LogP contribution in [-0.2, 0) is 11.2 Å². The number of benzene rings is 2. The minimum Gasteiger partial charge on any atom is -0.508 e. The molecule has 28 heavy (non-hydrogen) atoms. The fourth-order valence-corrected chi connectivity index (χ4v) is 4.60. The molecule has 0 unspecified atom stereocenters. The molecule has 6 nitrogen and oxygen atoms in total. The number of aromatic hydroxyl groups is 1. The fraction of sp³-hybridized carbons (Fsp3) is 0.273. The first-order valence-electron chi connectivity index (χ1n) is 9.62. The van der Waals surface area contributed by atoms with E-state index in [4.69, 9.17) is 0 Å². The Kier molecular flexibility index (Phi) is 3.69. The number of para-hydroxylation sites is 1. The number of H-pyrrole nitrogens is 1. The molecule has 0 saturated carbocycles. The first-order valence-corrected chi connectivity index (χ1v) is 9.62. The molecule has 0 radical (unpaired) electrons. The lowest BCUT2D eigenvalue weighted by Gasteiger charge is -2.36. The number of nitrogens with zero attached hydrogens (tertiary/aromatic N) is 2. The molecule has 2 N–H and O–H groups in total. The van der Waals surface area contributed by atoms with Crippen molar-refractivity contribution in [3.8, 4) is 5.75 Å². The van der Waals surface area contributed by atoms with Gasteiger partial charge < -0.3 is 10.1 Å². The predicted molar refractivity (Wildman–Crippen MR) is 105 cm³/mol. The maximum Gasteiger partial charge on any atom is 0.328 e. The van der Waals surface area contributed by atoms with Gasteiger partial charge in [0.15, 0.2) is 0 Å². The van der Waals surface area contributed by atoms with Gasteiger partial charge in [0.05, 0.1) is 0 Å². The molecule has 5 rings (SSSR count). The van der Waals surface area contributed by atoms with Crippen LogP contribution in [0.4, 0.5) is 4.79 Å². The Hall–Kier alpha value is -3.28. The number of aromatic amines is 1. The van der Waals surface area contributed by atoms with Crippen molar-refractivity contribution in [3.63, 3.8) is 0 Å². The van der Waals surface area contributed by atoms with E-state index in [0.29, 0.717) is 13.0 Å². The Labute approximate surface area is 162 Å². The molecule has 0 aliphatic carbocycles. The molecule has 3 heterocycles. The number of hydrogen-bond donors (Lipinski definition) is 2. The highest BCUT2D eigenvalue weighted by Gasteiger charge is 2.52. The highest BCUT2D eigenvalue weighted by Crippen LogP contribution is 2.44. The predicted octanol–water partition coefficient (Wildman–Crippen LogP) is 3.56. The zero-order chi connectivity index (χ0) is 19.4. The van der Waals surface area contributed by atoms with Gasteiger partial charge in [-0.1, -0.05) is 37.3 Å². The highest BCUT2D eigenvalue weighted by molar-refractivity contribution is 6.05. The molecule has 0 spiro atoms. The van der Waals surface area contributed by atoms with E-state index in [1.807, 2.05) is 37.3 Å². The van der Waals surface area contributed by atoms with Gasteiger partial charge in [-0.15, -0.1) is 0 Å². The van der Waals surface area contributed by atoms with E-state index < -0.39 is 12.1 Å². The van der Waals surface area contributed by atoms with E-state index in [-0.39, 0.29) is 17.7 Å². The van der Waals surface area contributed by atoms with Gasteiger partial charge in [0.25, 0.3) is 5.91 Å². The molecule has 2 aliphatic heterocycles. The van der Waals surface area contributed by atoms with Crippen molar-refractivity contribution in [2.45, 2.75) is 31.8 Å². The number of imide groups is 1. The van der Waals surface area contributed by atoms with Gasteiger partial charge >= 0.3 is 6.03 Å². The van der Waals surface area contributed by atoms with Gasteiger partial charge in [0.1, 0.15) is 17.8 Å². The second kappa shape index (κ2) is 6.12. The lowest BCUT2D eigenvalue weighted by atomic mass is 9.89. The van der Waals surface area contributed by atoms with Crippen LogP contribution < -0.4 is 0 Å². The van der Waals surface area contributed by atoms with Crippen molar-refractivity contribution in [1.29, 1.82) is 0 Å². The number of fused-ring (bicyclic) bond motifs is 4. The smallest absolute Gasteiger partial charge is 0.328 e. The Morgan fingerprint density at radius 2 is 1.96 bits per heavy atom. The standard InChI is InChI=1S/C22H21N3O3/c1-2-10-24-21(27)18-12-16-15-8-3-4-9-17(15)23-19(16)20(25(18)22(24)28)13-6-5-7-14(26)11-13/h3-9,11,18,20,23,26H,2,10,12H2,1H3/t18-,20+/m0/s1. The van der Waals surface area contributed by atoms with E-state index in [2.05, 4.69) is 4.98 Å². The second-order valence-electron chi connectivity index (χ2n) is 7.46. The number of phenolic OH excluding ortho intramolecular Hbond substituents is 1. The van der Waals surface area contributed by atoms with E-state index in [9.17, 15) is 14.7 Å². The minimum absolute atomic E-state index is 0.132. The Morgan fingerprint density at radius 1 is 1.14 bits per heavy atom. The van der Waals surface area contributed by atoms with Crippen LogP contribution in [0.5, 0.6) is 5.75 Å². The molecule has 6 heteroatoms. The van der Waals surface area contributed by atoms with Crippen LogP contribution in [0, 0.1) is 0 Å². The van der Waals surface area contributed by atoms with Crippen molar-refractivity contribution >= 4 is 22.8 Å². The first-order chi connectivity index (χ1) is 13.6. The number of aromatic nitrogens is 1. The second-order valence-corrected chi connectivity index (χ2v) is 7.46. The van der Waals surface area contributed by atoms with Crippen LogP contribution in [0.3, 0.4) is 0 Å². The largest absolute Gasteiger partial charge is 0.508 e. The normalized spacial score (nSPS) is 21.3. The molecule has 2 aromatic carbocycles. The number of amides is 3. The summed E-state index contributed by atoms with van der Waals surface area (Å²) in [5.74, 6) is 0.00797. The highest BCUT2D eigenvalue weighted by atomic mass is 16.3.